The second-order valence-corrected chi connectivity index (χ2v) is 11.9. The summed E-state index contributed by atoms with van der Waals surface area (Å²) in [5.74, 6) is 0.725. The van der Waals surface area contributed by atoms with Gasteiger partial charge < -0.3 is 19.4 Å². The summed E-state index contributed by atoms with van der Waals surface area (Å²) in [7, 11) is 1.91. The van der Waals surface area contributed by atoms with E-state index in [-0.39, 0.29) is 36.6 Å². The number of ether oxygens (including phenoxy) is 2. The van der Waals surface area contributed by atoms with E-state index in [1.165, 1.54) is 4.90 Å². The monoisotopic (exact) mass is 655 g/mol. The Bertz CT molecular complexity index is 1690. The molecule has 0 aliphatic heterocycles. The van der Waals surface area contributed by atoms with E-state index < -0.39 is 6.09 Å². The molecule has 0 unspecified atom stereocenters. The second-order valence-electron chi connectivity index (χ2n) is 11.9. The summed E-state index contributed by atoms with van der Waals surface area (Å²) in [6, 6.07) is 17.8. The summed E-state index contributed by atoms with van der Waals surface area (Å²) in [5.41, 5.74) is 3.30. The lowest BCUT2D eigenvalue weighted by atomic mass is 10.1. The van der Waals surface area contributed by atoms with E-state index in [1.807, 2.05) is 43.7 Å². The quantitative estimate of drug-likeness (QED) is 0.0539. The van der Waals surface area contributed by atoms with Crippen LogP contribution in [0.4, 0.5) is 16.3 Å². The molecule has 0 radical (unpaired) electrons. The highest BCUT2D eigenvalue weighted by Gasteiger charge is 2.22. The molecule has 48 heavy (non-hydrogen) atoms. The number of esters is 1. The average molecular weight is 656 g/mol. The SMILES string of the molecule is CCCCCCOC(=O)NC(=N)c1ccc(NCc2nc3cc(C(=O)N(CCC(=O)OCC(C)C)c4ccccn4)ccc3n2C)cc1. The molecule has 4 aromatic rings. The molecule has 0 bridgehead atoms. The topological polar surface area (TPSA) is 152 Å². The van der Waals surface area contributed by atoms with E-state index in [4.69, 9.17) is 19.9 Å². The summed E-state index contributed by atoms with van der Waals surface area (Å²) in [6.07, 6.45) is 5.05. The van der Waals surface area contributed by atoms with Gasteiger partial charge in [0.25, 0.3) is 5.91 Å². The number of carbonyl (C=O) groups is 3. The number of imidazole rings is 1. The molecule has 254 valence electrons. The number of rotatable bonds is 16. The van der Waals surface area contributed by atoms with E-state index in [0.29, 0.717) is 42.2 Å². The van der Waals surface area contributed by atoms with Gasteiger partial charge >= 0.3 is 12.1 Å². The number of aromatic nitrogens is 3. The number of benzene rings is 2. The molecule has 0 saturated carbocycles. The number of carbonyl (C=O) groups excluding carboxylic acids is 3. The van der Waals surface area contributed by atoms with Crippen molar-refractivity contribution in [1.82, 2.24) is 19.9 Å². The van der Waals surface area contributed by atoms with Crippen LogP contribution in [0.15, 0.2) is 66.9 Å². The molecule has 0 aliphatic rings. The zero-order valence-electron chi connectivity index (χ0n) is 28.1. The number of aryl methyl sites for hydroxylation is 1. The van der Waals surface area contributed by atoms with Crippen LogP contribution in [0.1, 0.15) is 74.6 Å². The molecule has 12 nitrogen and oxygen atoms in total. The Kier molecular flexibility index (Phi) is 13.1. The molecule has 2 aromatic carbocycles. The maximum atomic E-state index is 13.7. The van der Waals surface area contributed by atoms with Crippen molar-refractivity contribution in [2.45, 2.75) is 59.4 Å². The van der Waals surface area contributed by atoms with Gasteiger partial charge in [-0.15, -0.1) is 0 Å². The van der Waals surface area contributed by atoms with E-state index >= 15 is 0 Å². The predicted octanol–water partition coefficient (Wildman–Crippen LogP) is 6.45. The van der Waals surface area contributed by atoms with Gasteiger partial charge in [-0.3, -0.25) is 25.2 Å². The maximum absolute atomic E-state index is 13.7. The van der Waals surface area contributed by atoms with E-state index in [9.17, 15) is 14.4 Å². The number of amides is 2. The molecule has 0 saturated heterocycles. The van der Waals surface area contributed by atoms with Gasteiger partial charge in [0.2, 0.25) is 0 Å². The van der Waals surface area contributed by atoms with Gasteiger partial charge in [0.05, 0.1) is 37.2 Å². The van der Waals surface area contributed by atoms with Crippen molar-refractivity contribution in [3.05, 3.63) is 83.8 Å². The lowest BCUT2D eigenvalue weighted by molar-refractivity contribution is -0.144. The number of fused-ring (bicyclic) bond motifs is 1. The number of nitrogens with one attached hydrogen (secondary N) is 3. The van der Waals surface area contributed by atoms with Gasteiger partial charge in [-0.05, 0) is 66.9 Å². The molecular weight excluding hydrogens is 610 g/mol. The third kappa shape index (κ3) is 10.1. The Hall–Kier alpha value is -5.26. The van der Waals surface area contributed by atoms with Crippen molar-refractivity contribution < 1.29 is 23.9 Å². The van der Waals surface area contributed by atoms with Gasteiger partial charge in [0.1, 0.15) is 17.5 Å². The highest BCUT2D eigenvalue weighted by Crippen LogP contribution is 2.21. The highest BCUT2D eigenvalue weighted by molar-refractivity contribution is 6.07. The number of unbranched alkanes of at least 4 members (excludes halogenated alkanes) is 3. The summed E-state index contributed by atoms with van der Waals surface area (Å²) in [4.78, 5) is 48.7. The second kappa shape index (κ2) is 17.6. The number of pyridine rings is 1. The molecule has 2 amide bonds. The molecular formula is C36H45N7O5. The minimum atomic E-state index is -0.628. The number of anilines is 2. The molecule has 0 fully saturated rings. The van der Waals surface area contributed by atoms with Crippen LogP contribution in [0.5, 0.6) is 0 Å². The zero-order chi connectivity index (χ0) is 34.5. The van der Waals surface area contributed by atoms with Gasteiger partial charge in [-0.25, -0.2) is 14.8 Å². The van der Waals surface area contributed by atoms with Crippen molar-refractivity contribution >= 4 is 46.3 Å². The summed E-state index contributed by atoms with van der Waals surface area (Å²) in [6.45, 7) is 7.25. The number of hydrogen-bond donors (Lipinski definition) is 3. The Labute approximate surface area is 281 Å². The molecule has 4 rings (SSSR count). The van der Waals surface area contributed by atoms with Crippen LogP contribution >= 0.6 is 0 Å². The molecule has 0 spiro atoms. The molecule has 2 heterocycles. The Morgan fingerprint density at radius 3 is 2.46 bits per heavy atom. The standard InChI is InChI=1S/C36H45N7O5/c1-5-6-7-10-21-47-36(46)41-34(37)26-12-15-28(16-13-26)39-23-32-40-29-22-27(14-17-30(29)42(32)4)35(45)43(31-11-8-9-19-38-31)20-18-33(44)48-24-25(2)3/h8-9,11-17,19,22,25,39H,5-7,10,18,20-21,23-24H2,1-4H3,(H2,37,41,46). The lowest BCUT2D eigenvalue weighted by Gasteiger charge is -2.21. The van der Waals surface area contributed by atoms with Crippen molar-refractivity contribution in [3.8, 4) is 0 Å². The van der Waals surface area contributed by atoms with Crippen LogP contribution in [0.2, 0.25) is 0 Å². The summed E-state index contributed by atoms with van der Waals surface area (Å²) in [5, 5.41) is 14.0. The first-order valence-electron chi connectivity index (χ1n) is 16.4. The van der Waals surface area contributed by atoms with Gasteiger partial charge in [0.15, 0.2) is 0 Å². The van der Waals surface area contributed by atoms with Crippen LogP contribution in [-0.4, -0.2) is 58.1 Å². The van der Waals surface area contributed by atoms with Crippen LogP contribution in [0.25, 0.3) is 11.0 Å². The highest BCUT2D eigenvalue weighted by atomic mass is 16.5. The van der Waals surface area contributed by atoms with Crippen molar-refractivity contribution in [2.75, 3.05) is 30.0 Å². The van der Waals surface area contributed by atoms with Crippen molar-refractivity contribution in [1.29, 1.82) is 5.41 Å². The summed E-state index contributed by atoms with van der Waals surface area (Å²) >= 11 is 0. The minimum Gasteiger partial charge on any atom is -0.465 e. The van der Waals surface area contributed by atoms with Gasteiger partial charge in [0, 0.05) is 36.6 Å². The molecule has 12 heteroatoms. The summed E-state index contributed by atoms with van der Waals surface area (Å²) < 4.78 is 12.4. The van der Waals surface area contributed by atoms with Crippen LogP contribution in [0, 0.1) is 11.3 Å². The number of alkyl carbamates (subject to hydrolysis) is 1. The fourth-order valence-electron chi connectivity index (χ4n) is 4.90. The maximum Gasteiger partial charge on any atom is 0.412 e. The van der Waals surface area contributed by atoms with E-state index in [0.717, 1.165) is 42.7 Å². The zero-order valence-corrected chi connectivity index (χ0v) is 28.1. The number of hydrogen-bond acceptors (Lipinski definition) is 9. The molecule has 2 aromatic heterocycles. The number of amidine groups is 1. The first-order chi connectivity index (χ1) is 23.2. The predicted molar refractivity (Wildman–Crippen MR) is 186 cm³/mol. The third-order valence-corrected chi connectivity index (χ3v) is 7.59. The average Bonchev–Trinajstić information content (AvgIpc) is 3.41. The van der Waals surface area contributed by atoms with Gasteiger partial charge in [-0.2, -0.15) is 0 Å². The molecule has 0 atom stereocenters. The van der Waals surface area contributed by atoms with E-state index in [2.05, 4.69) is 22.5 Å². The van der Waals surface area contributed by atoms with Gasteiger partial charge in [-0.1, -0.05) is 46.1 Å². The Morgan fingerprint density at radius 2 is 1.75 bits per heavy atom. The van der Waals surface area contributed by atoms with Crippen molar-refractivity contribution in [2.24, 2.45) is 13.0 Å². The van der Waals surface area contributed by atoms with Crippen LogP contribution in [0.3, 0.4) is 0 Å². The van der Waals surface area contributed by atoms with Crippen LogP contribution < -0.4 is 15.5 Å². The normalized spacial score (nSPS) is 10.9. The number of nitrogens with zero attached hydrogens (tertiary/aromatic N) is 4. The third-order valence-electron chi connectivity index (χ3n) is 7.59. The van der Waals surface area contributed by atoms with Crippen molar-refractivity contribution in [3.63, 3.8) is 0 Å². The molecule has 0 aliphatic carbocycles. The van der Waals surface area contributed by atoms with Crippen LogP contribution in [-0.2, 0) is 27.9 Å². The Morgan fingerprint density at radius 1 is 0.979 bits per heavy atom. The van der Waals surface area contributed by atoms with E-state index in [1.54, 1.807) is 48.7 Å². The first kappa shape index (κ1) is 35.6. The fraction of sp³-hybridized carbons (Fsp3) is 0.389. The Balaban J connectivity index is 1.38. The largest absolute Gasteiger partial charge is 0.465 e. The smallest absolute Gasteiger partial charge is 0.412 e. The fourth-order valence-corrected chi connectivity index (χ4v) is 4.90. The lowest BCUT2D eigenvalue weighted by Crippen LogP contribution is -2.34. The first-order valence-corrected chi connectivity index (χ1v) is 16.4. The minimum absolute atomic E-state index is 0.0338. The molecule has 3 N–H and O–H groups in total.